The number of aromatic nitrogens is 3. The van der Waals surface area contributed by atoms with E-state index in [1.165, 1.54) is 0 Å². The van der Waals surface area contributed by atoms with E-state index < -0.39 is 17.5 Å². The number of fused-ring (bicyclic) bond motifs is 1. The minimum atomic E-state index is -1.47. The van der Waals surface area contributed by atoms with Gasteiger partial charge >= 0.3 is 0 Å². The van der Waals surface area contributed by atoms with Crippen molar-refractivity contribution >= 4 is 17.3 Å². The SMILES string of the molecule is Cc1nc(CCc2cnn(Cc3cc(F)c(F)c(F)c3)c2)cc2c1NC(=O)[C@H](C(C)C)N2C. The molecular formula is C24H26F3N5O. The van der Waals surface area contributed by atoms with Crippen LogP contribution in [0.2, 0.25) is 0 Å². The zero-order valence-electron chi connectivity index (χ0n) is 19.0. The van der Waals surface area contributed by atoms with E-state index in [0.29, 0.717) is 12.8 Å². The Bertz CT molecular complexity index is 1180. The number of halogens is 3. The Morgan fingerprint density at radius 2 is 1.79 bits per heavy atom. The second kappa shape index (κ2) is 8.88. The summed E-state index contributed by atoms with van der Waals surface area (Å²) in [5, 5.41) is 7.24. The second-order valence-corrected chi connectivity index (χ2v) is 8.80. The van der Waals surface area contributed by atoms with Gasteiger partial charge in [0.25, 0.3) is 0 Å². The van der Waals surface area contributed by atoms with Crippen LogP contribution in [0.5, 0.6) is 0 Å². The third kappa shape index (κ3) is 4.58. The summed E-state index contributed by atoms with van der Waals surface area (Å²) < 4.78 is 41.6. The minimum Gasteiger partial charge on any atom is -0.361 e. The number of amides is 1. The number of carbonyl (C=O) groups is 1. The van der Waals surface area contributed by atoms with E-state index in [1.54, 1.807) is 17.1 Å². The summed E-state index contributed by atoms with van der Waals surface area (Å²) >= 11 is 0. The van der Waals surface area contributed by atoms with Crippen LogP contribution in [0.25, 0.3) is 0 Å². The lowest BCUT2D eigenvalue weighted by Gasteiger charge is -2.38. The first-order valence-electron chi connectivity index (χ1n) is 10.8. The van der Waals surface area contributed by atoms with E-state index in [2.05, 4.69) is 15.4 Å². The molecule has 33 heavy (non-hydrogen) atoms. The summed E-state index contributed by atoms with van der Waals surface area (Å²) in [6, 6.07) is 3.70. The summed E-state index contributed by atoms with van der Waals surface area (Å²) in [5.74, 6) is -3.77. The van der Waals surface area contributed by atoms with Crippen LogP contribution in [0, 0.1) is 30.3 Å². The molecule has 9 heteroatoms. The van der Waals surface area contributed by atoms with E-state index >= 15 is 0 Å². The molecule has 1 atom stereocenters. The molecule has 0 saturated carbocycles. The maximum Gasteiger partial charge on any atom is 0.247 e. The first-order chi connectivity index (χ1) is 15.6. The smallest absolute Gasteiger partial charge is 0.247 e. The number of hydrogen-bond acceptors (Lipinski definition) is 4. The van der Waals surface area contributed by atoms with Gasteiger partial charge in [0.15, 0.2) is 17.5 Å². The van der Waals surface area contributed by atoms with Gasteiger partial charge < -0.3 is 10.2 Å². The van der Waals surface area contributed by atoms with E-state index in [1.807, 2.05) is 38.8 Å². The van der Waals surface area contributed by atoms with Crippen LogP contribution in [0.3, 0.4) is 0 Å². The predicted molar refractivity (Wildman–Crippen MR) is 120 cm³/mol. The molecule has 1 aliphatic rings. The van der Waals surface area contributed by atoms with Gasteiger partial charge in [-0.05, 0) is 55.0 Å². The number of benzene rings is 1. The Balaban J connectivity index is 1.47. The van der Waals surface area contributed by atoms with E-state index in [4.69, 9.17) is 0 Å². The largest absolute Gasteiger partial charge is 0.361 e. The molecule has 3 heterocycles. The zero-order chi connectivity index (χ0) is 23.9. The number of likely N-dealkylation sites (N-methyl/N-ethyl adjacent to an activating group) is 1. The van der Waals surface area contributed by atoms with Gasteiger partial charge in [-0.25, -0.2) is 13.2 Å². The molecular weight excluding hydrogens is 431 g/mol. The van der Waals surface area contributed by atoms with Gasteiger partial charge in [-0.1, -0.05) is 13.8 Å². The summed E-state index contributed by atoms with van der Waals surface area (Å²) in [6.45, 7) is 6.05. The van der Waals surface area contributed by atoms with Crippen LogP contribution < -0.4 is 10.2 Å². The molecule has 1 N–H and O–H groups in total. The Hall–Kier alpha value is -3.36. The fourth-order valence-corrected chi connectivity index (χ4v) is 4.33. The van der Waals surface area contributed by atoms with Crippen LogP contribution in [0.1, 0.15) is 36.4 Å². The molecule has 174 valence electrons. The van der Waals surface area contributed by atoms with Crippen molar-refractivity contribution in [2.75, 3.05) is 17.3 Å². The number of nitrogens with one attached hydrogen (secondary N) is 1. The zero-order valence-corrected chi connectivity index (χ0v) is 19.0. The van der Waals surface area contributed by atoms with Crippen LogP contribution in [0.4, 0.5) is 24.5 Å². The lowest BCUT2D eigenvalue weighted by Crippen LogP contribution is -2.49. The van der Waals surface area contributed by atoms with Crippen molar-refractivity contribution in [3.63, 3.8) is 0 Å². The highest BCUT2D eigenvalue weighted by molar-refractivity contribution is 6.04. The quantitative estimate of drug-likeness (QED) is 0.562. The van der Waals surface area contributed by atoms with Gasteiger partial charge in [-0.15, -0.1) is 0 Å². The van der Waals surface area contributed by atoms with Gasteiger partial charge in [0.2, 0.25) is 5.91 Å². The molecule has 0 fully saturated rings. The van der Waals surface area contributed by atoms with Crippen molar-refractivity contribution in [3.8, 4) is 0 Å². The molecule has 1 amide bonds. The van der Waals surface area contributed by atoms with Gasteiger partial charge in [0, 0.05) is 18.9 Å². The number of hydrogen-bond donors (Lipinski definition) is 1. The highest BCUT2D eigenvalue weighted by Gasteiger charge is 2.34. The number of aryl methyl sites for hydroxylation is 3. The summed E-state index contributed by atoms with van der Waals surface area (Å²) in [7, 11) is 1.93. The van der Waals surface area contributed by atoms with E-state index in [0.717, 1.165) is 40.5 Å². The Morgan fingerprint density at radius 3 is 2.45 bits per heavy atom. The summed E-state index contributed by atoms with van der Waals surface area (Å²) in [6.07, 6.45) is 4.82. The number of anilines is 2. The predicted octanol–water partition coefficient (Wildman–Crippen LogP) is 4.25. The molecule has 1 aromatic carbocycles. The molecule has 2 aromatic heterocycles. The molecule has 0 radical (unpaired) electrons. The van der Waals surface area contributed by atoms with E-state index in [9.17, 15) is 18.0 Å². The van der Waals surface area contributed by atoms with Crippen LogP contribution in [0.15, 0.2) is 30.6 Å². The van der Waals surface area contributed by atoms with Crippen LogP contribution >= 0.6 is 0 Å². The second-order valence-electron chi connectivity index (χ2n) is 8.80. The van der Waals surface area contributed by atoms with Gasteiger partial charge in [0.05, 0.1) is 29.8 Å². The third-order valence-corrected chi connectivity index (χ3v) is 5.92. The summed E-state index contributed by atoms with van der Waals surface area (Å²) in [4.78, 5) is 19.2. The van der Waals surface area contributed by atoms with Gasteiger partial charge in [-0.2, -0.15) is 5.10 Å². The Kier molecular flexibility index (Phi) is 6.14. The lowest BCUT2D eigenvalue weighted by molar-refractivity contribution is -0.118. The monoisotopic (exact) mass is 457 g/mol. The average Bonchev–Trinajstić information content (AvgIpc) is 3.18. The summed E-state index contributed by atoms with van der Waals surface area (Å²) in [5.41, 5.74) is 4.59. The molecule has 0 saturated heterocycles. The van der Waals surface area contributed by atoms with Crippen molar-refractivity contribution in [2.45, 2.75) is 46.2 Å². The number of pyridine rings is 1. The average molecular weight is 458 g/mol. The molecule has 1 aliphatic heterocycles. The minimum absolute atomic E-state index is 0.0222. The fraction of sp³-hybridized carbons (Fsp3) is 0.375. The molecule has 4 rings (SSSR count). The van der Waals surface area contributed by atoms with Crippen molar-refractivity contribution < 1.29 is 18.0 Å². The lowest BCUT2D eigenvalue weighted by atomic mass is 9.97. The Morgan fingerprint density at radius 1 is 1.09 bits per heavy atom. The topological polar surface area (TPSA) is 63.1 Å². The van der Waals surface area contributed by atoms with Crippen molar-refractivity contribution in [1.29, 1.82) is 0 Å². The van der Waals surface area contributed by atoms with Crippen molar-refractivity contribution in [1.82, 2.24) is 14.8 Å². The van der Waals surface area contributed by atoms with E-state index in [-0.39, 0.29) is 30.0 Å². The van der Waals surface area contributed by atoms with Crippen LogP contribution in [-0.2, 0) is 24.2 Å². The maximum absolute atomic E-state index is 13.4. The first kappa shape index (κ1) is 22.8. The molecule has 0 unspecified atom stereocenters. The third-order valence-electron chi connectivity index (χ3n) is 5.92. The number of rotatable bonds is 6. The van der Waals surface area contributed by atoms with Crippen molar-refractivity contribution in [2.24, 2.45) is 5.92 Å². The first-order valence-corrected chi connectivity index (χ1v) is 10.8. The molecule has 0 spiro atoms. The number of carbonyl (C=O) groups excluding carboxylic acids is 1. The Labute approximate surface area is 190 Å². The van der Waals surface area contributed by atoms with Crippen molar-refractivity contribution in [3.05, 3.63) is 70.6 Å². The normalized spacial score (nSPS) is 15.7. The van der Waals surface area contributed by atoms with Crippen LogP contribution in [-0.4, -0.2) is 33.8 Å². The maximum atomic E-state index is 13.4. The molecule has 3 aromatic rings. The molecule has 6 nitrogen and oxygen atoms in total. The fourth-order valence-electron chi connectivity index (χ4n) is 4.33. The highest BCUT2D eigenvalue weighted by Crippen LogP contribution is 2.35. The molecule has 0 aliphatic carbocycles. The number of nitrogens with zero attached hydrogens (tertiary/aromatic N) is 4. The highest BCUT2D eigenvalue weighted by atomic mass is 19.2. The standard InChI is InChI=1S/C24H26F3N5O/c1-13(2)23-24(33)30-22-14(3)29-17(9-20(22)31(23)4)6-5-15-10-28-32(11-15)12-16-7-18(25)21(27)19(26)8-16/h7-11,13,23H,5-6,12H2,1-4H3,(H,30,33)/t23-/m0/s1. The molecule has 0 bridgehead atoms. The van der Waals surface area contributed by atoms with Gasteiger partial charge in [-0.3, -0.25) is 14.5 Å². The van der Waals surface area contributed by atoms with Gasteiger partial charge in [0.1, 0.15) is 6.04 Å².